The first-order valence-electron chi connectivity index (χ1n) is 17.2. The third-order valence-corrected chi connectivity index (χ3v) is 11.7. The number of aromatic nitrogens is 2. The van der Waals surface area contributed by atoms with Crippen LogP contribution >= 0.6 is 11.6 Å². The van der Waals surface area contributed by atoms with Crippen molar-refractivity contribution in [3.05, 3.63) is 63.0 Å². The van der Waals surface area contributed by atoms with E-state index in [0.717, 1.165) is 43.0 Å². The number of piperidine rings is 2. The third kappa shape index (κ3) is 6.69. The molecule has 49 heavy (non-hydrogen) atoms. The number of anilines is 1. The molecule has 4 fully saturated rings. The molecule has 14 heteroatoms. The van der Waals surface area contributed by atoms with Crippen LogP contribution in [0.4, 0.5) is 18.9 Å². The molecule has 0 radical (unpaired) electrons. The molecule has 264 valence electrons. The number of amides is 2. The van der Waals surface area contributed by atoms with E-state index in [9.17, 15) is 27.6 Å². The minimum atomic E-state index is -4.72. The molecule has 10 nitrogen and oxygen atoms in total. The fraction of sp³-hybridized carbons (Fsp3) is 0.571. The molecule has 3 aromatic rings. The summed E-state index contributed by atoms with van der Waals surface area (Å²) in [5, 5.41) is -0.233. The lowest BCUT2D eigenvalue weighted by Gasteiger charge is -2.42. The van der Waals surface area contributed by atoms with Crippen molar-refractivity contribution in [1.29, 1.82) is 0 Å². The van der Waals surface area contributed by atoms with E-state index in [0.29, 0.717) is 57.1 Å². The minimum absolute atomic E-state index is 0.0724. The lowest BCUT2D eigenvalue weighted by Crippen LogP contribution is -2.54. The fourth-order valence-electron chi connectivity index (χ4n) is 8.73. The van der Waals surface area contributed by atoms with Crippen molar-refractivity contribution in [1.82, 2.24) is 29.2 Å². The van der Waals surface area contributed by atoms with Crippen molar-refractivity contribution in [2.75, 3.05) is 52.0 Å². The summed E-state index contributed by atoms with van der Waals surface area (Å²) in [4.78, 5) is 52.1. The highest BCUT2D eigenvalue weighted by atomic mass is 35.5. The molecule has 0 saturated carbocycles. The second-order valence-electron chi connectivity index (χ2n) is 14.3. The molecule has 1 aromatic heterocycles. The first-order chi connectivity index (χ1) is 23.4. The van der Waals surface area contributed by atoms with Crippen LogP contribution in [0.3, 0.4) is 0 Å². The molecule has 2 bridgehead atoms. The predicted molar refractivity (Wildman–Crippen MR) is 181 cm³/mol. The first kappa shape index (κ1) is 33.9. The van der Waals surface area contributed by atoms with Crippen LogP contribution in [-0.4, -0.2) is 105 Å². The summed E-state index contributed by atoms with van der Waals surface area (Å²) in [6.07, 6.45) is -0.967. The molecule has 2 unspecified atom stereocenters. The van der Waals surface area contributed by atoms with Gasteiger partial charge in [-0.2, -0.15) is 13.2 Å². The Bertz CT molecular complexity index is 1780. The number of halogens is 4. The number of hydrogen-bond acceptors (Lipinski definition) is 6. The van der Waals surface area contributed by atoms with E-state index in [1.807, 2.05) is 24.3 Å². The SMILES string of the molecule is CN1CC2CC1CN2C1CCN(C(=O)[C@H](CC(=O)N2CCC(n3c(=O)[nH]c4ccccc43)CC2)Cc2cc(Cl)c(N)c(C(F)(F)F)c2)CC1. The number of carbonyl (C=O) groups excluding carboxylic acids is 2. The number of nitrogen functional groups attached to an aromatic ring is 1. The average Bonchev–Trinajstić information content (AvgIpc) is 3.76. The predicted octanol–water partition coefficient (Wildman–Crippen LogP) is 4.38. The minimum Gasteiger partial charge on any atom is -0.397 e. The summed E-state index contributed by atoms with van der Waals surface area (Å²) in [7, 11) is 2.17. The van der Waals surface area contributed by atoms with Gasteiger partial charge in [0.1, 0.15) is 0 Å². The van der Waals surface area contributed by atoms with Crippen LogP contribution in [0.2, 0.25) is 5.02 Å². The highest BCUT2D eigenvalue weighted by Gasteiger charge is 2.45. The second-order valence-corrected chi connectivity index (χ2v) is 14.7. The van der Waals surface area contributed by atoms with Crippen LogP contribution in [0.1, 0.15) is 55.7 Å². The van der Waals surface area contributed by atoms with Crippen molar-refractivity contribution in [3.63, 3.8) is 0 Å². The summed E-state index contributed by atoms with van der Waals surface area (Å²) in [5.41, 5.74) is 5.68. The van der Waals surface area contributed by atoms with Gasteiger partial charge < -0.3 is 25.4 Å². The number of likely N-dealkylation sites (tertiary alicyclic amines) is 4. The summed E-state index contributed by atoms with van der Waals surface area (Å²) in [6.45, 7) is 4.00. The molecule has 3 N–H and O–H groups in total. The summed E-state index contributed by atoms with van der Waals surface area (Å²) < 4.78 is 43.2. The van der Waals surface area contributed by atoms with Crippen molar-refractivity contribution in [2.45, 2.75) is 75.3 Å². The van der Waals surface area contributed by atoms with Gasteiger partial charge in [-0.05, 0) is 75.4 Å². The number of nitrogens with zero attached hydrogens (tertiary/aromatic N) is 5. The van der Waals surface area contributed by atoms with Gasteiger partial charge in [0.25, 0.3) is 0 Å². The van der Waals surface area contributed by atoms with Crippen LogP contribution in [-0.2, 0) is 22.2 Å². The zero-order valence-corrected chi connectivity index (χ0v) is 28.3. The number of piperazine rings is 1. The van der Waals surface area contributed by atoms with Gasteiger partial charge in [-0.15, -0.1) is 0 Å². The molecule has 3 atom stereocenters. The molecule has 2 amide bonds. The Hall–Kier alpha value is -3.55. The van der Waals surface area contributed by atoms with Crippen LogP contribution in [0.15, 0.2) is 41.2 Å². The van der Waals surface area contributed by atoms with Crippen molar-refractivity contribution in [3.8, 4) is 0 Å². The average molecular weight is 702 g/mol. The zero-order chi connectivity index (χ0) is 34.6. The lowest BCUT2D eigenvalue weighted by molar-refractivity contribution is -0.143. The van der Waals surface area contributed by atoms with Gasteiger partial charge in [-0.25, -0.2) is 4.79 Å². The summed E-state index contributed by atoms with van der Waals surface area (Å²) >= 11 is 6.15. The van der Waals surface area contributed by atoms with Crippen LogP contribution in [0.5, 0.6) is 0 Å². The Morgan fingerprint density at radius 1 is 0.959 bits per heavy atom. The number of benzene rings is 2. The molecular weight excluding hydrogens is 659 g/mol. The van der Waals surface area contributed by atoms with Crippen LogP contribution in [0.25, 0.3) is 11.0 Å². The number of H-pyrrole nitrogens is 1. The van der Waals surface area contributed by atoms with Crippen molar-refractivity contribution in [2.24, 2.45) is 5.92 Å². The molecule has 0 aliphatic carbocycles. The number of carbonyl (C=O) groups is 2. The smallest absolute Gasteiger partial charge is 0.397 e. The molecule has 4 aliphatic heterocycles. The topological polar surface area (TPSA) is 111 Å². The number of para-hydroxylation sites is 2. The Kier molecular flexibility index (Phi) is 9.20. The van der Waals surface area contributed by atoms with E-state index >= 15 is 0 Å². The fourth-order valence-corrected chi connectivity index (χ4v) is 8.97. The van der Waals surface area contributed by atoms with Gasteiger partial charge >= 0.3 is 11.9 Å². The lowest BCUT2D eigenvalue weighted by atomic mass is 9.91. The Balaban J connectivity index is 1.05. The highest BCUT2D eigenvalue weighted by molar-refractivity contribution is 6.33. The Morgan fingerprint density at radius 2 is 1.63 bits per heavy atom. The molecule has 5 heterocycles. The number of nitrogens with one attached hydrogen (secondary N) is 1. The number of alkyl halides is 3. The van der Waals surface area contributed by atoms with Crippen molar-refractivity contribution < 1.29 is 22.8 Å². The van der Waals surface area contributed by atoms with Gasteiger partial charge in [0, 0.05) is 69.9 Å². The monoisotopic (exact) mass is 701 g/mol. The quantitative estimate of drug-likeness (QED) is 0.354. The third-order valence-electron chi connectivity index (χ3n) is 11.4. The molecule has 7 rings (SSSR count). The second kappa shape index (κ2) is 13.3. The van der Waals surface area contributed by atoms with Crippen LogP contribution in [0, 0.1) is 5.92 Å². The maximum atomic E-state index is 14.1. The number of imidazole rings is 1. The molecule has 2 aromatic carbocycles. The first-order valence-corrected chi connectivity index (χ1v) is 17.6. The Morgan fingerprint density at radius 3 is 2.29 bits per heavy atom. The number of hydrogen-bond donors (Lipinski definition) is 2. The van der Waals surface area contributed by atoms with Gasteiger partial charge in [0.15, 0.2) is 0 Å². The molecular formula is C35H43ClF3N7O3. The van der Waals surface area contributed by atoms with Gasteiger partial charge in [0.05, 0.1) is 33.2 Å². The number of aromatic amines is 1. The Labute approximate surface area is 287 Å². The molecule has 0 spiro atoms. The van der Waals surface area contributed by atoms with Crippen LogP contribution < -0.4 is 11.4 Å². The number of fused-ring (bicyclic) bond motifs is 3. The van der Waals surface area contributed by atoms with E-state index in [1.165, 1.54) is 12.5 Å². The number of rotatable bonds is 7. The van der Waals surface area contributed by atoms with E-state index < -0.39 is 23.3 Å². The van der Waals surface area contributed by atoms with Gasteiger partial charge in [0.2, 0.25) is 11.8 Å². The number of likely N-dealkylation sites (N-methyl/N-ethyl adjacent to an activating group) is 1. The largest absolute Gasteiger partial charge is 0.418 e. The maximum absolute atomic E-state index is 14.1. The van der Waals surface area contributed by atoms with E-state index in [1.54, 1.807) is 14.4 Å². The van der Waals surface area contributed by atoms with E-state index in [2.05, 4.69) is 21.8 Å². The van der Waals surface area contributed by atoms with E-state index in [-0.39, 0.29) is 47.0 Å². The molecule has 4 aliphatic rings. The number of nitrogens with two attached hydrogens (primary N) is 1. The maximum Gasteiger partial charge on any atom is 0.418 e. The van der Waals surface area contributed by atoms with E-state index in [4.69, 9.17) is 17.3 Å². The highest BCUT2D eigenvalue weighted by Crippen LogP contribution is 2.39. The van der Waals surface area contributed by atoms with Crippen molar-refractivity contribution >= 4 is 40.1 Å². The summed E-state index contributed by atoms with van der Waals surface area (Å²) in [6, 6.07) is 11.2. The van der Waals surface area contributed by atoms with Gasteiger partial charge in [-0.3, -0.25) is 19.1 Å². The normalized spacial score (nSPS) is 23.5. The standard InChI is InChI=1S/C35H43ClF3N7O3/c1-42-19-26-18-25(42)20-45(26)23-6-12-44(13-7-23)33(48)22(14-21-15-27(35(37,38)39)32(40)28(36)16-21)17-31(47)43-10-8-24(9-11-43)46-30-5-3-2-4-29(30)41-34(46)49/h2-5,15-16,22-26H,6-14,17-20,40H2,1H3,(H,41,49)/t22-,25?,26?/m0/s1. The summed E-state index contributed by atoms with van der Waals surface area (Å²) in [5.74, 6) is -1.32. The van der Waals surface area contributed by atoms with Gasteiger partial charge in [-0.1, -0.05) is 23.7 Å². The molecule has 4 saturated heterocycles. The zero-order valence-electron chi connectivity index (χ0n) is 27.6.